The molecule has 0 aliphatic heterocycles. The number of nitrogens with zero attached hydrogens (tertiary/aromatic N) is 3. The molecule has 31 heavy (non-hydrogen) atoms. The van der Waals surface area contributed by atoms with Gasteiger partial charge in [-0.3, -0.25) is 15.5 Å². The second kappa shape index (κ2) is 10.7. The van der Waals surface area contributed by atoms with Crippen molar-refractivity contribution in [3.8, 4) is 11.5 Å². The summed E-state index contributed by atoms with van der Waals surface area (Å²) in [6.45, 7) is 4.91. The molecule has 8 nitrogen and oxygen atoms in total. The molecule has 0 saturated heterocycles. The van der Waals surface area contributed by atoms with Crippen molar-refractivity contribution >= 4 is 40.3 Å². The highest BCUT2D eigenvalue weighted by molar-refractivity contribution is 14.1. The molecule has 3 rings (SSSR count). The van der Waals surface area contributed by atoms with Gasteiger partial charge in [0.15, 0.2) is 11.5 Å². The van der Waals surface area contributed by atoms with Crippen molar-refractivity contribution in [3.05, 3.63) is 85.1 Å². The predicted molar refractivity (Wildman–Crippen MR) is 128 cm³/mol. The molecule has 2 aromatic carbocycles. The van der Waals surface area contributed by atoms with Crippen LogP contribution < -0.4 is 14.9 Å². The molecule has 0 unspecified atom stereocenters. The number of nitrogens with one attached hydrogen (secondary N) is 1. The molecule has 0 aliphatic rings. The molecule has 1 aromatic heterocycles. The first-order valence-electron chi connectivity index (χ1n) is 9.50. The van der Waals surface area contributed by atoms with Gasteiger partial charge in [-0.2, -0.15) is 5.10 Å². The van der Waals surface area contributed by atoms with Gasteiger partial charge in [-0.15, -0.1) is 0 Å². The highest BCUT2D eigenvalue weighted by Crippen LogP contribution is 2.34. The van der Waals surface area contributed by atoms with E-state index >= 15 is 0 Å². The van der Waals surface area contributed by atoms with Gasteiger partial charge in [0, 0.05) is 6.07 Å². The van der Waals surface area contributed by atoms with Crippen molar-refractivity contribution in [2.24, 2.45) is 5.10 Å². The predicted octanol–water partition coefficient (Wildman–Crippen LogP) is 5.33. The first-order chi connectivity index (χ1) is 15.0. The standard InChI is InChI=1S/C22H21IN4O4/c1-3-30-20-11-17(12-25-26-21-8-7-18(13-24-21)27(28)29)10-19(23)22(20)31-14-16-6-4-5-15(2)9-16/h4-13H,3,14H2,1-2H3,(H,24,26)/b25-12+. The molecule has 0 saturated carbocycles. The van der Waals surface area contributed by atoms with E-state index in [1.54, 1.807) is 6.21 Å². The molecule has 160 valence electrons. The normalized spacial score (nSPS) is 10.8. The highest BCUT2D eigenvalue weighted by atomic mass is 127. The number of rotatable bonds is 9. The third-order valence-corrected chi connectivity index (χ3v) is 4.95. The van der Waals surface area contributed by atoms with Crippen LogP contribution in [0.4, 0.5) is 11.5 Å². The molecule has 0 atom stereocenters. The number of aryl methyl sites for hydroxylation is 1. The Morgan fingerprint density at radius 1 is 1.23 bits per heavy atom. The van der Waals surface area contributed by atoms with E-state index in [4.69, 9.17) is 9.47 Å². The van der Waals surface area contributed by atoms with Gasteiger partial charge >= 0.3 is 0 Å². The van der Waals surface area contributed by atoms with E-state index in [1.807, 2.05) is 44.2 Å². The van der Waals surface area contributed by atoms with Gasteiger partial charge in [-0.1, -0.05) is 29.8 Å². The number of anilines is 1. The molecule has 1 heterocycles. The van der Waals surface area contributed by atoms with Crippen LogP contribution in [0.3, 0.4) is 0 Å². The molecule has 3 aromatic rings. The summed E-state index contributed by atoms with van der Waals surface area (Å²) in [6.07, 6.45) is 2.80. The molecule has 0 radical (unpaired) electrons. The lowest BCUT2D eigenvalue weighted by Crippen LogP contribution is -2.03. The lowest BCUT2D eigenvalue weighted by atomic mass is 10.1. The molecular formula is C22H21IN4O4. The molecular weight excluding hydrogens is 511 g/mol. The maximum Gasteiger partial charge on any atom is 0.287 e. The summed E-state index contributed by atoms with van der Waals surface area (Å²) in [7, 11) is 0. The van der Waals surface area contributed by atoms with Gasteiger partial charge in [-0.05, 0) is 65.8 Å². The van der Waals surface area contributed by atoms with Crippen molar-refractivity contribution in [2.75, 3.05) is 12.0 Å². The Hall–Kier alpha value is -3.21. The molecule has 0 bridgehead atoms. The second-order valence-corrected chi connectivity index (χ2v) is 7.73. The van der Waals surface area contributed by atoms with E-state index in [0.717, 1.165) is 14.7 Å². The van der Waals surface area contributed by atoms with Crippen molar-refractivity contribution in [1.82, 2.24) is 4.98 Å². The van der Waals surface area contributed by atoms with Crippen molar-refractivity contribution in [2.45, 2.75) is 20.5 Å². The lowest BCUT2D eigenvalue weighted by Gasteiger charge is -2.15. The number of nitro groups is 1. The van der Waals surface area contributed by atoms with Crippen LogP contribution in [0.25, 0.3) is 0 Å². The van der Waals surface area contributed by atoms with Gasteiger partial charge in [0.1, 0.15) is 18.6 Å². The van der Waals surface area contributed by atoms with Crippen LogP contribution in [-0.2, 0) is 6.61 Å². The minimum atomic E-state index is -0.500. The van der Waals surface area contributed by atoms with E-state index in [2.05, 4.69) is 44.2 Å². The van der Waals surface area contributed by atoms with Crippen molar-refractivity contribution in [1.29, 1.82) is 0 Å². The fourth-order valence-electron chi connectivity index (χ4n) is 2.76. The summed E-state index contributed by atoms with van der Waals surface area (Å²) >= 11 is 2.21. The topological polar surface area (TPSA) is 98.9 Å². The van der Waals surface area contributed by atoms with Gasteiger partial charge in [-0.25, -0.2) is 4.98 Å². The minimum absolute atomic E-state index is 0.0771. The Labute approximate surface area is 193 Å². The fourth-order valence-corrected chi connectivity index (χ4v) is 3.54. The van der Waals surface area contributed by atoms with Gasteiger partial charge in [0.25, 0.3) is 5.69 Å². The zero-order valence-corrected chi connectivity index (χ0v) is 19.2. The van der Waals surface area contributed by atoms with Crippen LogP contribution in [0.2, 0.25) is 0 Å². The van der Waals surface area contributed by atoms with Crippen LogP contribution in [-0.4, -0.2) is 22.7 Å². The summed E-state index contributed by atoms with van der Waals surface area (Å²) in [5.41, 5.74) is 5.76. The van der Waals surface area contributed by atoms with Crippen LogP contribution in [0, 0.1) is 20.6 Å². The van der Waals surface area contributed by atoms with Crippen LogP contribution in [0.5, 0.6) is 11.5 Å². The summed E-state index contributed by atoms with van der Waals surface area (Å²) in [4.78, 5) is 14.1. The molecule has 9 heteroatoms. The van der Waals surface area contributed by atoms with Gasteiger partial charge in [0.2, 0.25) is 0 Å². The largest absolute Gasteiger partial charge is 0.490 e. The monoisotopic (exact) mass is 532 g/mol. The number of halogens is 1. The Bertz CT molecular complexity index is 1090. The average Bonchev–Trinajstić information content (AvgIpc) is 2.74. The Kier molecular flexibility index (Phi) is 7.76. The third-order valence-electron chi connectivity index (χ3n) is 4.15. The molecule has 0 fully saturated rings. The number of pyridine rings is 1. The number of hydrogen-bond acceptors (Lipinski definition) is 7. The van der Waals surface area contributed by atoms with E-state index < -0.39 is 4.92 Å². The number of hydrogen-bond donors (Lipinski definition) is 1. The fraction of sp³-hybridized carbons (Fsp3) is 0.182. The number of aromatic nitrogens is 1. The Morgan fingerprint density at radius 2 is 2.06 bits per heavy atom. The summed E-state index contributed by atoms with van der Waals surface area (Å²) < 4.78 is 12.7. The van der Waals surface area contributed by atoms with Crippen molar-refractivity contribution < 1.29 is 14.4 Å². The van der Waals surface area contributed by atoms with Crippen LogP contribution in [0.1, 0.15) is 23.6 Å². The van der Waals surface area contributed by atoms with Gasteiger partial charge in [0.05, 0.1) is 21.3 Å². The third kappa shape index (κ3) is 6.38. The summed E-state index contributed by atoms with van der Waals surface area (Å²) in [5.74, 6) is 1.72. The van der Waals surface area contributed by atoms with E-state index in [-0.39, 0.29) is 5.69 Å². The Balaban J connectivity index is 1.72. The highest BCUT2D eigenvalue weighted by Gasteiger charge is 2.12. The maximum atomic E-state index is 10.7. The molecule has 0 aliphatic carbocycles. The second-order valence-electron chi connectivity index (χ2n) is 6.57. The van der Waals surface area contributed by atoms with E-state index in [9.17, 15) is 10.1 Å². The smallest absolute Gasteiger partial charge is 0.287 e. The first kappa shape index (κ1) is 22.5. The number of benzene rings is 2. The number of hydrazone groups is 1. The summed E-state index contributed by atoms with van der Waals surface area (Å²) in [6, 6.07) is 14.8. The zero-order valence-electron chi connectivity index (χ0n) is 17.0. The first-order valence-corrected chi connectivity index (χ1v) is 10.6. The molecule has 1 N–H and O–H groups in total. The van der Waals surface area contributed by atoms with E-state index in [0.29, 0.717) is 30.5 Å². The lowest BCUT2D eigenvalue weighted by molar-refractivity contribution is -0.385. The molecule has 0 spiro atoms. The average molecular weight is 532 g/mol. The summed E-state index contributed by atoms with van der Waals surface area (Å²) in [5, 5.41) is 14.8. The quantitative estimate of drug-likeness (QED) is 0.173. The zero-order chi connectivity index (χ0) is 22.2. The van der Waals surface area contributed by atoms with Crippen LogP contribution >= 0.6 is 22.6 Å². The van der Waals surface area contributed by atoms with Crippen molar-refractivity contribution in [3.63, 3.8) is 0 Å². The SMILES string of the molecule is CCOc1cc(/C=N/Nc2ccc([N+](=O)[O-])cn2)cc(I)c1OCc1cccc(C)c1. The maximum absolute atomic E-state index is 10.7. The minimum Gasteiger partial charge on any atom is -0.490 e. The van der Waals surface area contributed by atoms with Crippen LogP contribution in [0.15, 0.2) is 59.8 Å². The number of ether oxygens (including phenoxy) is 2. The van der Waals surface area contributed by atoms with E-state index in [1.165, 1.54) is 23.9 Å². The molecule has 0 amide bonds. The Morgan fingerprint density at radius 3 is 2.74 bits per heavy atom. The van der Waals surface area contributed by atoms with Gasteiger partial charge < -0.3 is 9.47 Å².